The molecule has 43 heavy (non-hydrogen) atoms. The molecule has 2 rings (SSSR count). The molecule has 13 N–H and O–H groups in total. The van der Waals surface area contributed by atoms with Crippen molar-refractivity contribution >= 4 is 29.7 Å². The van der Waals surface area contributed by atoms with Crippen molar-refractivity contribution < 1.29 is 39.6 Å². The predicted molar refractivity (Wildman–Crippen MR) is 157 cm³/mol. The van der Waals surface area contributed by atoms with Crippen molar-refractivity contribution in [2.45, 2.75) is 62.9 Å². The number of benzene rings is 2. The number of carboxylic acids is 1. The summed E-state index contributed by atoms with van der Waals surface area (Å²) in [5.74, 6) is -3.92. The third-order valence-corrected chi connectivity index (χ3v) is 6.40. The van der Waals surface area contributed by atoms with Crippen LogP contribution < -0.4 is 33.2 Å². The van der Waals surface area contributed by atoms with Gasteiger partial charge in [-0.3, -0.25) is 19.4 Å². The monoisotopic (exact) mass is 601 g/mol. The summed E-state index contributed by atoms with van der Waals surface area (Å²) in [6.45, 7) is 1.45. The molecule has 0 radical (unpaired) electrons. The predicted octanol–water partition coefficient (Wildman–Crippen LogP) is -1.82. The highest BCUT2D eigenvalue weighted by atomic mass is 16.4. The lowest BCUT2D eigenvalue weighted by Gasteiger charge is -2.26. The van der Waals surface area contributed by atoms with E-state index in [4.69, 9.17) is 17.2 Å². The summed E-state index contributed by atoms with van der Waals surface area (Å²) in [5, 5.41) is 46.1. The minimum atomic E-state index is -1.38. The fourth-order valence-corrected chi connectivity index (χ4v) is 3.95. The maximum Gasteiger partial charge on any atom is 0.326 e. The van der Waals surface area contributed by atoms with Gasteiger partial charge in [-0.1, -0.05) is 24.3 Å². The van der Waals surface area contributed by atoms with Gasteiger partial charge in [0.15, 0.2) is 5.96 Å². The largest absolute Gasteiger partial charge is 0.508 e. The number of nitrogens with one attached hydrogen (secondary N) is 3. The summed E-state index contributed by atoms with van der Waals surface area (Å²) in [4.78, 5) is 55.3. The molecule has 5 atom stereocenters. The Morgan fingerprint density at radius 2 is 1.21 bits per heavy atom. The number of carboxylic acid groups (broad SMARTS) is 1. The van der Waals surface area contributed by atoms with Crippen LogP contribution in [0, 0.1) is 0 Å². The number of carbonyl (C=O) groups is 4. The molecule has 0 bridgehead atoms. The van der Waals surface area contributed by atoms with Gasteiger partial charge < -0.3 is 53.6 Å². The first kappa shape index (κ1) is 34.3. The smallest absolute Gasteiger partial charge is 0.326 e. The molecule has 2 aromatic carbocycles. The number of guanidine groups is 1. The van der Waals surface area contributed by atoms with Crippen LogP contribution in [-0.2, 0) is 32.0 Å². The van der Waals surface area contributed by atoms with Crippen molar-refractivity contribution in [3.05, 3.63) is 59.7 Å². The molecule has 0 aliphatic heterocycles. The maximum atomic E-state index is 13.4. The molecule has 3 amide bonds. The van der Waals surface area contributed by atoms with E-state index in [1.807, 2.05) is 0 Å². The van der Waals surface area contributed by atoms with E-state index in [1.165, 1.54) is 55.5 Å². The quantitative estimate of drug-likeness (QED) is 0.0581. The summed E-state index contributed by atoms with van der Waals surface area (Å²) in [5.41, 5.74) is 17.5. The zero-order chi connectivity index (χ0) is 32.1. The number of hydrogen-bond acceptors (Lipinski definition) is 9. The first-order valence-electron chi connectivity index (χ1n) is 13.5. The molecule has 0 aromatic heterocycles. The molecule has 15 heteroatoms. The van der Waals surface area contributed by atoms with Gasteiger partial charge in [0.05, 0.1) is 6.10 Å². The molecule has 234 valence electrons. The summed E-state index contributed by atoms with van der Waals surface area (Å²) < 4.78 is 0. The number of phenolic OH excluding ortho intramolecular Hbond substituents is 2. The molecule has 0 fully saturated rings. The molecule has 0 heterocycles. The number of rotatable bonds is 16. The van der Waals surface area contributed by atoms with Crippen LogP contribution in [0.15, 0.2) is 53.5 Å². The van der Waals surface area contributed by atoms with Crippen LogP contribution in [0.4, 0.5) is 0 Å². The highest BCUT2D eigenvalue weighted by molar-refractivity contribution is 5.94. The van der Waals surface area contributed by atoms with Gasteiger partial charge in [0.25, 0.3) is 0 Å². The van der Waals surface area contributed by atoms with E-state index in [2.05, 4.69) is 20.9 Å². The number of aromatic hydroxyl groups is 2. The summed E-state index contributed by atoms with van der Waals surface area (Å²) in [6.07, 6.45) is -1.12. The van der Waals surface area contributed by atoms with Crippen molar-refractivity contribution in [1.82, 2.24) is 16.0 Å². The van der Waals surface area contributed by atoms with Crippen LogP contribution in [0.1, 0.15) is 30.9 Å². The number of nitrogens with zero attached hydrogens (tertiary/aromatic N) is 1. The number of carbonyl (C=O) groups excluding carboxylic acids is 3. The van der Waals surface area contributed by atoms with E-state index in [-0.39, 0.29) is 49.7 Å². The van der Waals surface area contributed by atoms with Crippen LogP contribution in [0.5, 0.6) is 11.5 Å². The van der Waals surface area contributed by atoms with E-state index in [0.29, 0.717) is 11.1 Å². The van der Waals surface area contributed by atoms with E-state index in [9.17, 15) is 39.6 Å². The number of amides is 3. The molecule has 5 unspecified atom stereocenters. The molecule has 15 nitrogen and oxygen atoms in total. The highest BCUT2D eigenvalue weighted by Gasteiger charge is 2.31. The Hall–Kier alpha value is -4.89. The Kier molecular flexibility index (Phi) is 13.2. The molecular formula is C28H39N7O8. The van der Waals surface area contributed by atoms with Crippen molar-refractivity contribution in [3.63, 3.8) is 0 Å². The van der Waals surface area contributed by atoms with Gasteiger partial charge in [-0.05, 0) is 55.2 Å². The van der Waals surface area contributed by atoms with Gasteiger partial charge in [-0.15, -0.1) is 0 Å². The van der Waals surface area contributed by atoms with E-state index in [1.54, 1.807) is 0 Å². The second-order valence-corrected chi connectivity index (χ2v) is 9.98. The third kappa shape index (κ3) is 11.9. The summed E-state index contributed by atoms with van der Waals surface area (Å²) >= 11 is 0. The average Bonchev–Trinajstić information content (AvgIpc) is 2.95. The topological polar surface area (TPSA) is 276 Å². The second-order valence-electron chi connectivity index (χ2n) is 9.98. The zero-order valence-corrected chi connectivity index (χ0v) is 23.6. The highest BCUT2D eigenvalue weighted by Crippen LogP contribution is 2.14. The van der Waals surface area contributed by atoms with E-state index >= 15 is 0 Å². The third-order valence-electron chi connectivity index (χ3n) is 6.40. The normalized spacial score (nSPS) is 14.3. The molecular weight excluding hydrogens is 562 g/mol. The second kappa shape index (κ2) is 16.5. The van der Waals surface area contributed by atoms with Gasteiger partial charge in [0.1, 0.15) is 35.7 Å². The number of nitrogens with two attached hydrogens (primary N) is 3. The van der Waals surface area contributed by atoms with Crippen LogP contribution in [-0.4, -0.2) is 86.9 Å². The summed E-state index contributed by atoms with van der Waals surface area (Å²) in [7, 11) is 0. The molecule has 0 spiro atoms. The van der Waals surface area contributed by atoms with Gasteiger partial charge in [0.2, 0.25) is 17.7 Å². The van der Waals surface area contributed by atoms with Crippen molar-refractivity contribution in [2.24, 2.45) is 22.2 Å². The van der Waals surface area contributed by atoms with Crippen molar-refractivity contribution in [1.29, 1.82) is 0 Å². The number of aliphatic carboxylic acids is 1. The Bertz CT molecular complexity index is 1260. The molecule has 0 aliphatic carbocycles. The lowest BCUT2D eigenvalue weighted by Crippen LogP contribution is -2.58. The maximum absolute atomic E-state index is 13.4. The van der Waals surface area contributed by atoms with Gasteiger partial charge in [-0.25, -0.2) is 4.79 Å². The number of aliphatic imine (C=N–C) groups is 1. The van der Waals surface area contributed by atoms with E-state index < -0.39 is 54.0 Å². The molecule has 2 aromatic rings. The zero-order valence-electron chi connectivity index (χ0n) is 23.6. The Morgan fingerprint density at radius 1 is 0.767 bits per heavy atom. The minimum absolute atomic E-state index is 0.00863. The van der Waals surface area contributed by atoms with Crippen LogP contribution in [0.3, 0.4) is 0 Å². The number of aliphatic hydroxyl groups is 1. The van der Waals surface area contributed by atoms with E-state index in [0.717, 1.165) is 0 Å². The fourth-order valence-electron chi connectivity index (χ4n) is 3.95. The molecule has 0 aliphatic rings. The SMILES string of the molecule is CC(O)C(N)C(=O)NC(CCCN=C(N)N)C(=O)NC(Cc1ccc(O)cc1)C(=O)NC(Cc1ccc(O)cc1)C(=O)O. The lowest BCUT2D eigenvalue weighted by atomic mass is 10.0. The van der Waals surface area contributed by atoms with Crippen molar-refractivity contribution in [3.8, 4) is 11.5 Å². The fraction of sp³-hybridized carbons (Fsp3) is 0.393. The van der Waals surface area contributed by atoms with Crippen LogP contribution >= 0.6 is 0 Å². The number of phenols is 2. The Morgan fingerprint density at radius 3 is 1.67 bits per heavy atom. The molecule has 0 saturated heterocycles. The average molecular weight is 602 g/mol. The number of hydrogen-bond donors (Lipinski definition) is 10. The Balaban J connectivity index is 2.30. The first-order valence-corrected chi connectivity index (χ1v) is 13.5. The van der Waals surface area contributed by atoms with Crippen molar-refractivity contribution in [2.75, 3.05) is 6.54 Å². The standard InChI is InChI=1S/C28H39N7O8/c1-15(36)23(29)26(41)33-20(3-2-12-32-28(30)31)24(39)34-21(13-16-4-8-18(37)9-5-16)25(40)35-22(27(42)43)14-17-6-10-19(38)11-7-17/h4-11,15,20-23,36-38H,2-3,12-14,29H2,1H3,(H,33,41)(H,34,39)(H,35,40)(H,42,43)(H4,30,31,32). The first-order chi connectivity index (χ1) is 20.3. The molecule has 0 saturated carbocycles. The van der Waals surface area contributed by atoms with Gasteiger partial charge in [-0.2, -0.15) is 0 Å². The lowest BCUT2D eigenvalue weighted by molar-refractivity contribution is -0.142. The number of aliphatic hydroxyl groups excluding tert-OH is 1. The minimum Gasteiger partial charge on any atom is -0.508 e. The van der Waals surface area contributed by atoms with Crippen LogP contribution in [0.25, 0.3) is 0 Å². The summed E-state index contributed by atoms with van der Waals surface area (Å²) in [6, 6.07) is 6.41. The van der Waals surface area contributed by atoms with Crippen LogP contribution in [0.2, 0.25) is 0 Å². The van der Waals surface area contributed by atoms with Gasteiger partial charge >= 0.3 is 5.97 Å². The van der Waals surface area contributed by atoms with Gasteiger partial charge in [0, 0.05) is 19.4 Å². The Labute approximate surface area is 248 Å².